The second-order valence-electron chi connectivity index (χ2n) is 9.10. The van der Waals surface area contributed by atoms with E-state index in [0.717, 1.165) is 24.2 Å². The Morgan fingerprint density at radius 2 is 1.89 bits per heavy atom. The molecule has 0 saturated heterocycles. The molecule has 0 fully saturated rings. The third-order valence-corrected chi connectivity index (χ3v) is 6.32. The molecule has 2 atom stereocenters. The normalized spacial score (nSPS) is 12.7. The minimum absolute atomic E-state index is 0.0271. The van der Waals surface area contributed by atoms with E-state index in [1.165, 1.54) is 11.8 Å². The van der Waals surface area contributed by atoms with Crippen LogP contribution in [0.15, 0.2) is 47.1 Å². The van der Waals surface area contributed by atoms with E-state index in [2.05, 4.69) is 10.6 Å². The molecule has 8 heteroatoms. The highest BCUT2D eigenvalue weighted by atomic mass is 32.2. The molecule has 0 aliphatic heterocycles. The average molecular weight is 503 g/mol. The van der Waals surface area contributed by atoms with Gasteiger partial charge in [0, 0.05) is 0 Å². The Hall–Kier alpha value is -2.74. The molecule has 2 N–H and O–H groups in total. The van der Waals surface area contributed by atoms with Crippen molar-refractivity contribution in [2.24, 2.45) is 5.92 Å². The number of unbranched alkanes of at least 4 members (excludes halogenated alkanes) is 1. The summed E-state index contributed by atoms with van der Waals surface area (Å²) in [6.07, 6.45) is 4.38. The minimum Gasteiger partial charge on any atom is -0.484 e. The summed E-state index contributed by atoms with van der Waals surface area (Å²) < 4.78 is 10.9. The summed E-state index contributed by atoms with van der Waals surface area (Å²) >= 11 is 1.46. The van der Waals surface area contributed by atoms with Crippen LogP contribution in [0.1, 0.15) is 57.8 Å². The lowest BCUT2D eigenvalue weighted by molar-refractivity contribution is -0.132. The standard InChI is InChI=1S/C27H38N2O5S/c1-5-6-12-23(25(30)18-35-17-22-11-8-13-33-22)29-27(32)24(14-19(2)3)28-26(31)16-34-21-10-7-9-20(4)15-21/h7-11,13,15,19,23-24H,5-6,12,14,16-18H2,1-4H3,(H,28,31)(H,29,32). The van der Waals surface area contributed by atoms with Crippen LogP contribution < -0.4 is 15.4 Å². The first-order chi connectivity index (χ1) is 16.8. The Bertz CT molecular complexity index is 929. The number of carbonyl (C=O) groups is 3. The maximum Gasteiger partial charge on any atom is 0.258 e. The minimum atomic E-state index is -0.740. The number of benzene rings is 1. The molecule has 2 unspecified atom stereocenters. The molecule has 2 aromatic rings. The van der Waals surface area contributed by atoms with Crippen LogP contribution in [0.2, 0.25) is 0 Å². The number of hydrogen-bond acceptors (Lipinski definition) is 6. The number of aryl methyl sites for hydroxylation is 1. The van der Waals surface area contributed by atoms with E-state index < -0.39 is 12.1 Å². The van der Waals surface area contributed by atoms with E-state index in [1.807, 2.05) is 58.0 Å². The van der Waals surface area contributed by atoms with Crippen molar-refractivity contribution < 1.29 is 23.5 Å². The first kappa shape index (κ1) is 28.5. The van der Waals surface area contributed by atoms with Gasteiger partial charge in [-0.2, -0.15) is 0 Å². The largest absolute Gasteiger partial charge is 0.484 e. The molecule has 35 heavy (non-hydrogen) atoms. The quantitative estimate of drug-likeness (QED) is 0.346. The lowest BCUT2D eigenvalue weighted by Crippen LogP contribution is -2.53. The van der Waals surface area contributed by atoms with Crippen molar-refractivity contribution in [1.82, 2.24) is 10.6 Å². The van der Waals surface area contributed by atoms with Gasteiger partial charge in [0.2, 0.25) is 5.91 Å². The van der Waals surface area contributed by atoms with E-state index in [1.54, 1.807) is 12.3 Å². The van der Waals surface area contributed by atoms with Crippen LogP contribution in [0.4, 0.5) is 0 Å². The Morgan fingerprint density at radius 3 is 2.54 bits per heavy atom. The third-order valence-electron chi connectivity index (χ3n) is 5.34. The fourth-order valence-corrected chi connectivity index (χ4v) is 4.40. The van der Waals surface area contributed by atoms with Gasteiger partial charge >= 0.3 is 0 Å². The molecule has 2 amide bonds. The number of ketones is 1. The molecular formula is C27H38N2O5S. The number of carbonyl (C=O) groups excluding carboxylic acids is 3. The third kappa shape index (κ3) is 11.0. The molecular weight excluding hydrogens is 464 g/mol. The first-order valence-corrected chi connectivity index (χ1v) is 13.4. The number of furan rings is 1. The summed E-state index contributed by atoms with van der Waals surface area (Å²) in [7, 11) is 0. The van der Waals surface area contributed by atoms with Crippen molar-refractivity contribution in [3.05, 3.63) is 54.0 Å². The molecule has 0 spiro atoms. The van der Waals surface area contributed by atoms with Gasteiger partial charge in [-0.25, -0.2) is 0 Å². The van der Waals surface area contributed by atoms with Gasteiger partial charge in [-0.3, -0.25) is 14.4 Å². The lowest BCUT2D eigenvalue weighted by atomic mass is 10.0. The summed E-state index contributed by atoms with van der Waals surface area (Å²) in [5.41, 5.74) is 1.03. The van der Waals surface area contributed by atoms with Crippen LogP contribution in [0.5, 0.6) is 5.75 Å². The number of ether oxygens (including phenoxy) is 1. The van der Waals surface area contributed by atoms with Crippen LogP contribution in [0.25, 0.3) is 0 Å². The zero-order chi connectivity index (χ0) is 25.6. The smallest absolute Gasteiger partial charge is 0.258 e. The predicted octanol–water partition coefficient (Wildman–Crippen LogP) is 4.68. The van der Waals surface area contributed by atoms with Crippen LogP contribution in [-0.2, 0) is 20.1 Å². The maximum atomic E-state index is 13.1. The number of Topliss-reactive ketones (excluding diaryl/α,β-unsaturated/α-hetero) is 1. The highest BCUT2D eigenvalue weighted by Gasteiger charge is 2.27. The van der Waals surface area contributed by atoms with Crippen molar-refractivity contribution >= 4 is 29.4 Å². The van der Waals surface area contributed by atoms with Gasteiger partial charge in [0.15, 0.2) is 12.4 Å². The molecule has 1 heterocycles. The Morgan fingerprint density at radius 1 is 1.09 bits per heavy atom. The molecule has 0 radical (unpaired) electrons. The molecule has 7 nitrogen and oxygen atoms in total. The summed E-state index contributed by atoms with van der Waals surface area (Å²) in [5.74, 6) is 1.72. The zero-order valence-corrected chi connectivity index (χ0v) is 22.0. The SMILES string of the molecule is CCCCC(NC(=O)C(CC(C)C)NC(=O)COc1cccc(C)c1)C(=O)CSCc1ccco1. The summed E-state index contributed by atoms with van der Waals surface area (Å²) in [5, 5.41) is 5.70. The Kier molecular flexibility index (Phi) is 12.5. The molecule has 2 rings (SSSR count). The maximum absolute atomic E-state index is 13.1. The number of rotatable bonds is 16. The van der Waals surface area contributed by atoms with Gasteiger partial charge in [0.25, 0.3) is 5.91 Å². The topological polar surface area (TPSA) is 97.6 Å². The second kappa shape index (κ2) is 15.3. The van der Waals surface area contributed by atoms with Crippen molar-refractivity contribution in [2.45, 2.75) is 71.2 Å². The van der Waals surface area contributed by atoms with Gasteiger partial charge in [-0.15, -0.1) is 11.8 Å². The van der Waals surface area contributed by atoms with Gasteiger partial charge in [0.05, 0.1) is 23.8 Å². The molecule has 192 valence electrons. The number of amides is 2. The van der Waals surface area contributed by atoms with Gasteiger partial charge in [-0.05, 0) is 55.5 Å². The van der Waals surface area contributed by atoms with Crippen molar-refractivity contribution in [2.75, 3.05) is 12.4 Å². The zero-order valence-electron chi connectivity index (χ0n) is 21.2. The van der Waals surface area contributed by atoms with Crippen LogP contribution >= 0.6 is 11.8 Å². The van der Waals surface area contributed by atoms with Gasteiger partial charge in [-0.1, -0.05) is 45.7 Å². The van der Waals surface area contributed by atoms with Crippen LogP contribution in [0, 0.1) is 12.8 Å². The number of thioether (sulfide) groups is 1. The van der Waals surface area contributed by atoms with Crippen molar-refractivity contribution in [3.63, 3.8) is 0 Å². The number of hydrogen-bond donors (Lipinski definition) is 2. The molecule has 0 bridgehead atoms. The van der Waals surface area contributed by atoms with Crippen LogP contribution in [-0.4, -0.2) is 42.0 Å². The fourth-order valence-electron chi connectivity index (χ4n) is 3.53. The molecule has 1 aromatic heterocycles. The average Bonchev–Trinajstić information content (AvgIpc) is 3.33. The van der Waals surface area contributed by atoms with E-state index in [-0.39, 0.29) is 35.9 Å². The predicted molar refractivity (Wildman–Crippen MR) is 139 cm³/mol. The highest BCUT2D eigenvalue weighted by molar-refractivity contribution is 7.99. The van der Waals surface area contributed by atoms with E-state index in [0.29, 0.717) is 24.3 Å². The number of nitrogens with one attached hydrogen (secondary N) is 2. The van der Waals surface area contributed by atoms with Crippen LogP contribution in [0.3, 0.4) is 0 Å². The molecule has 0 aliphatic rings. The van der Waals surface area contributed by atoms with Crippen molar-refractivity contribution in [3.8, 4) is 5.75 Å². The fraction of sp³-hybridized carbons (Fsp3) is 0.519. The Labute approximate surface area is 212 Å². The molecule has 0 saturated carbocycles. The first-order valence-electron chi connectivity index (χ1n) is 12.2. The van der Waals surface area contributed by atoms with E-state index >= 15 is 0 Å². The second-order valence-corrected chi connectivity index (χ2v) is 10.1. The van der Waals surface area contributed by atoms with Gasteiger partial charge in [0.1, 0.15) is 17.6 Å². The van der Waals surface area contributed by atoms with Crippen molar-refractivity contribution in [1.29, 1.82) is 0 Å². The molecule has 0 aliphatic carbocycles. The monoisotopic (exact) mass is 502 g/mol. The summed E-state index contributed by atoms with van der Waals surface area (Å²) in [4.78, 5) is 38.6. The Balaban J connectivity index is 1.94. The summed E-state index contributed by atoms with van der Waals surface area (Å²) in [6.45, 7) is 7.78. The summed E-state index contributed by atoms with van der Waals surface area (Å²) in [6, 6.07) is 9.80. The van der Waals surface area contributed by atoms with E-state index in [9.17, 15) is 14.4 Å². The highest BCUT2D eigenvalue weighted by Crippen LogP contribution is 2.15. The lowest BCUT2D eigenvalue weighted by Gasteiger charge is -2.24. The van der Waals surface area contributed by atoms with Gasteiger partial charge < -0.3 is 19.8 Å². The molecule has 1 aromatic carbocycles. The van der Waals surface area contributed by atoms with E-state index in [4.69, 9.17) is 9.15 Å².